The first kappa shape index (κ1) is 9.80. The Morgan fingerprint density at radius 2 is 2.50 bits per heavy atom. The number of carbonyl (C=O) groups is 1. The fraction of sp³-hybridized carbons (Fsp3) is 0.167. The molecule has 10 nitrogen and oxygen atoms in total. The monoisotopic (exact) mass is 219 g/mol. The lowest BCUT2D eigenvalue weighted by Crippen LogP contribution is -2.08. The first-order valence-electron chi connectivity index (χ1n) is 4.11. The number of anilines is 1. The summed E-state index contributed by atoms with van der Waals surface area (Å²) in [7, 11) is 0. The van der Waals surface area contributed by atoms with Gasteiger partial charge < -0.3 is 5.32 Å². The average molecular weight is 219 g/mol. The number of fused-ring (bicyclic) bond motifs is 1. The Kier molecular flexibility index (Phi) is 2.32. The molecule has 0 aromatic carbocycles. The number of carbonyl (C=O) groups excluding carboxylic acids is 1. The molecule has 0 bridgehead atoms. The van der Waals surface area contributed by atoms with Crippen LogP contribution in [0.15, 0.2) is 11.4 Å². The van der Waals surface area contributed by atoms with Gasteiger partial charge in [-0.15, -0.1) is 5.10 Å². The van der Waals surface area contributed by atoms with Gasteiger partial charge in [-0.1, -0.05) is 0 Å². The summed E-state index contributed by atoms with van der Waals surface area (Å²) in [6.45, 7) is 1.31. The molecule has 10 heteroatoms. The van der Waals surface area contributed by atoms with E-state index in [0.717, 1.165) is 0 Å². The minimum absolute atomic E-state index is 0.0139. The van der Waals surface area contributed by atoms with E-state index in [1.807, 2.05) is 0 Å². The zero-order valence-corrected chi connectivity index (χ0v) is 8.06. The second kappa shape index (κ2) is 3.79. The Labute approximate surface area is 87.9 Å². The number of rotatable bonds is 2. The third-order valence-corrected chi connectivity index (χ3v) is 1.67. The van der Waals surface area contributed by atoms with Crippen molar-refractivity contribution < 1.29 is 4.79 Å². The molecule has 0 fully saturated rings. The Hall–Kier alpha value is -2.74. The highest BCUT2D eigenvalue weighted by Crippen LogP contribution is 2.25. The molecule has 0 aliphatic heterocycles. The van der Waals surface area contributed by atoms with Gasteiger partial charge in [-0.25, -0.2) is 4.98 Å². The van der Waals surface area contributed by atoms with Gasteiger partial charge in [0.25, 0.3) is 0 Å². The lowest BCUT2D eigenvalue weighted by atomic mass is 10.4. The van der Waals surface area contributed by atoms with Gasteiger partial charge >= 0.3 is 0 Å². The van der Waals surface area contributed by atoms with Gasteiger partial charge in [0, 0.05) is 11.8 Å². The van der Waals surface area contributed by atoms with Crippen LogP contribution in [0.1, 0.15) is 6.92 Å². The second-order valence-corrected chi connectivity index (χ2v) is 2.76. The van der Waals surface area contributed by atoms with E-state index in [1.165, 1.54) is 17.8 Å². The molecule has 16 heavy (non-hydrogen) atoms. The molecule has 2 heterocycles. The topological polar surface area (TPSA) is 134 Å². The minimum atomic E-state index is -0.340. The van der Waals surface area contributed by atoms with Crippen LogP contribution in [0, 0.1) is 0 Å². The maximum atomic E-state index is 11.0. The Balaban J connectivity index is 2.69. The van der Waals surface area contributed by atoms with Crippen molar-refractivity contribution in [2.24, 2.45) is 5.11 Å². The van der Waals surface area contributed by atoms with Crippen LogP contribution in [0.5, 0.6) is 0 Å². The second-order valence-electron chi connectivity index (χ2n) is 2.76. The summed E-state index contributed by atoms with van der Waals surface area (Å²) in [4.78, 5) is 17.4. The van der Waals surface area contributed by atoms with Crippen LogP contribution in [-0.4, -0.2) is 30.9 Å². The van der Waals surface area contributed by atoms with Crippen LogP contribution < -0.4 is 5.32 Å². The van der Waals surface area contributed by atoms with Crippen molar-refractivity contribution in [1.82, 2.24) is 25.0 Å². The summed E-state index contributed by atoms with van der Waals surface area (Å²) in [6, 6.07) is 0. The predicted octanol–water partition coefficient (Wildman–Crippen LogP) is 0.419. The number of hydrogen-bond donors (Lipinski definition) is 1. The Bertz CT molecular complexity index is 595. The molecule has 0 radical (unpaired) electrons. The lowest BCUT2D eigenvalue weighted by Gasteiger charge is -2.04. The van der Waals surface area contributed by atoms with Crippen LogP contribution in [0.25, 0.3) is 16.1 Å². The molecule has 1 amide bonds. The number of azide groups is 1. The summed E-state index contributed by atoms with van der Waals surface area (Å²) in [5.41, 5.74) is 8.78. The van der Waals surface area contributed by atoms with Crippen LogP contribution >= 0.6 is 0 Å². The van der Waals surface area contributed by atoms with Crippen molar-refractivity contribution >= 4 is 23.1 Å². The fourth-order valence-corrected chi connectivity index (χ4v) is 1.12. The van der Waals surface area contributed by atoms with E-state index in [9.17, 15) is 4.79 Å². The first-order chi connectivity index (χ1) is 7.72. The third kappa shape index (κ3) is 1.60. The van der Waals surface area contributed by atoms with Gasteiger partial charge in [0.05, 0.1) is 0 Å². The van der Waals surface area contributed by atoms with Crippen molar-refractivity contribution in [3.8, 4) is 0 Å². The van der Waals surface area contributed by atoms with Crippen molar-refractivity contribution in [3.05, 3.63) is 16.8 Å². The molecular weight excluding hydrogens is 214 g/mol. The number of tetrazole rings is 1. The molecule has 2 aromatic heterocycles. The van der Waals surface area contributed by atoms with Crippen molar-refractivity contribution in [2.45, 2.75) is 6.92 Å². The highest BCUT2D eigenvalue weighted by molar-refractivity contribution is 5.95. The van der Waals surface area contributed by atoms with Crippen molar-refractivity contribution in [3.63, 3.8) is 0 Å². The van der Waals surface area contributed by atoms with E-state index in [2.05, 4.69) is 35.9 Å². The number of nitrogens with zero attached hydrogens (tertiary/aromatic N) is 8. The summed E-state index contributed by atoms with van der Waals surface area (Å²) >= 11 is 0. The van der Waals surface area contributed by atoms with Gasteiger partial charge in [-0.05, 0) is 21.1 Å². The molecule has 0 aliphatic carbocycles. The smallest absolute Gasteiger partial charge is 0.221 e. The minimum Gasteiger partial charge on any atom is -0.321 e. The zero-order valence-electron chi connectivity index (χ0n) is 8.06. The van der Waals surface area contributed by atoms with Gasteiger partial charge in [-0.2, -0.15) is 4.52 Å². The SMILES string of the molecule is CC(=O)Nc1c(N=[N+]=[N-])ncn2nnnc12. The van der Waals surface area contributed by atoms with Gasteiger partial charge in [0.1, 0.15) is 12.0 Å². The normalized spacial score (nSPS) is 9.81. The Morgan fingerprint density at radius 1 is 1.69 bits per heavy atom. The molecule has 80 valence electrons. The maximum absolute atomic E-state index is 11.0. The number of amides is 1. The highest BCUT2D eigenvalue weighted by atomic mass is 16.1. The summed E-state index contributed by atoms with van der Waals surface area (Å²) in [5, 5.41) is 16.5. The molecule has 0 unspecified atom stereocenters. The van der Waals surface area contributed by atoms with Crippen molar-refractivity contribution in [1.29, 1.82) is 0 Å². The fourth-order valence-electron chi connectivity index (χ4n) is 1.12. The van der Waals surface area contributed by atoms with E-state index >= 15 is 0 Å². The van der Waals surface area contributed by atoms with Gasteiger partial charge in [0.2, 0.25) is 11.6 Å². The molecule has 0 aliphatic rings. The quantitative estimate of drug-likeness (QED) is 0.443. The number of nitrogens with one attached hydrogen (secondary N) is 1. The molecule has 2 rings (SSSR count). The van der Waals surface area contributed by atoms with Crippen LogP contribution in [-0.2, 0) is 4.79 Å². The van der Waals surface area contributed by atoms with Crippen LogP contribution in [0.2, 0.25) is 0 Å². The standard InChI is InChI=1S/C6H5N9O/c1-3(16)9-4-5(10-12-7)8-2-15-6(4)11-13-14-15/h2H,1H3,(H,9,16). The van der Waals surface area contributed by atoms with E-state index in [1.54, 1.807) is 0 Å². The summed E-state index contributed by atoms with van der Waals surface area (Å²) in [6.07, 6.45) is 1.28. The van der Waals surface area contributed by atoms with E-state index in [-0.39, 0.29) is 23.1 Å². The number of hydrogen-bond acceptors (Lipinski definition) is 6. The average Bonchev–Trinajstić information content (AvgIpc) is 2.69. The molecular formula is C6H5N9O. The molecule has 2 aromatic rings. The van der Waals surface area contributed by atoms with E-state index in [4.69, 9.17) is 5.53 Å². The first-order valence-corrected chi connectivity index (χ1v) is 4.11. The highest BCUT2D eigenvalue weighted by Gasteiger charge is 2.12. The lowest BCUT2D eigenvalue weighted by molar-refractivity contribution is -0.114. The van der Waals surface area contributed by atoms with Gasteiger partial charge in [0.15, 0.2) is 5.82 Å². The molecule has 0 atom stereocenters. The summed E-state index contributed by atoms with van der Waals surface area (Å²) in [5.74, 6) is -0.327. The van der Waals surface area contributed by atoms with Crippen LogP contribution in [0.3, 0.4) is 0 Å². The molecule has 1 N–H and O–H groups in total. The molecule has 0 saturated heterocycles. The number of aromatic nitrogens is 5. The maximum Gasteiger partial charge on any atom is 0.221 e. The summed E-state index contributed by atoms with van der Waals surface area (Å²) < 4.78 is 1.25. The van der Waals surface area contributed by atoms with Crippen molar-refractivity contribution in [2.75, 3.05) is 5.32 Å². The zero-order chi connectivity index (χ0) is 11.5. The van der Waals surface area contributed by atoms with Gasteiger partial charge in [-0.3, -0.25) is 4.79 Å². The van der Waals surface area contributed by atoms with E-state index in [0.29, 0.717) is 0 Å². The largest absolute Gasteiger partial charge is 0.321 e. The molecule has 0 saturated carbocycles. The molecule has 0 spiro atoms. The third-order valence-electron chi connectivity index (χ3n) is 1.67. The van der Waals surface area contributed by atoms with E-state index < -0.39 is 0 Å². The Morgan fingerprint density at radius 3 is 3.19 bits per heavy atom. The predicted molar refractivity (Wildman–Crippen MR) is 51.7 cm³/mol. The van der Waals surface area contributed by atoms with Crippen LogP contribution in [0.4, 0.5) is 11.5 Å².